The third kappa shape index (κ3) is 3.78. The molecule has 0 saturated carbocycles. The lowest BCUT2D eigenvalue weighted by molar-refractivity contribution is 0.561. The third-order valence-electron chi connectivity index (χ3n) is 2.58. The molecule has 0 spiro atoms. The van der Waals surface area contributed by atoms with Crippen LogP contribution < -0.4 is 10.0 Å². The molecule has 0 aliphatic rings. The van der Waals surface area contributed by atoms with Crippen molar-refractivity contribution in [1.29, 1.82) is 0 Å². The molecular formula is C11H17N5O2S2. The average molecular weight is 315 g/mol. The topological polar surface area (TPSA) is 88.9 Å². The summed E-state index contributed by atoms with van der Waals surface area (Å²) in [6.45, 7) is 3.40. The monoisotopic (exact) mass is 315 g/mol. The van der Waals surface area contributed by atoms with Crippen molar-refractivity contribution < 1.29 is 8.42 Å². The Labute approximate surface area is 122 Å². The molecule has 20 heavy (non-hydrogen) atoms. The van der Waals surface area contributed by atoms with E-state index in [0.717, 1.165) is 17.8 Å². The minimum atomic E-state index is -3.61. The van der Waals surface area contributed by atoms with Crippen LogP contribution in [-0.4, -0.2) is 36.8 Å². The van der Waals surface area contributed by atoms with E-state index in [1.807, 2.05) is 14.0 Å². The van der Waals surface area contributed by atoms with Gasteiger partial charge >= 0.3 is 0 Å². The van der Waals surface area contributed by atoms with E-state index < -0.39 is 10.0 Å². The maximum Gasteiger partial charge on any atom is 0.266 e. The third-order valence-corrected chi connectivity index (χ3v) is 4.83. The number of hydrogen-bond donors (Lipinski definition) is 2. The molecule has 2 aromatic heterocycles. The SMILES string of the molecule is CNCCCn1cc(S(=O)(=O)Nc2ncc(C)s2)cn1. The Morgan fingerprint density at radius 2 is 2.20 bits per heavy atom. The van der Waals surface area contributed by atoms with Crippen LogP contribution in [-0.2, 0) is 16.6 Å². The molecule has 0 atom stereocenters. The van der Waals surface area contributed by atoms with Gasteiger partial charge in [0.05, 0.1) is 6.20 Å². The molecule has 0 saturated heterocycles. The summed E-state index contributed by atoms with van der Waals surface area (Å²) in [5.74, 6) is 0. The fourth-order valence-electron chi connectivity index (χ4n) is 1.60. The molecule has 0 radical (unpaired) electrons. The number of hydrogen-bond acceptors (Lipinski definition) is 6. The molecule has 0 unspecified atom stereocenters. The summed E-state index contributed by atoms with van der Waals surface area (Å²) in [5.41, 5.74) is 0. The second-order valence-corrected chi connectivity index (χ2v) is 7.19. The minimum Gasteiger partial charge on any atom is -0.320 e. The van der Waals surface area contributed by atoms with Crippen molar-refractivity contribution >= 4 is 26.5 Å². The Kier molecular flexibility index (Phi) is 4.73. The van der Waals surface area contributed by atoms with Crippen LogP contribution in [0.1, 0.15) is 11.3 Å². The number of thiazole rings is 1. The standard InChI is InChI=1S/C11H17N5O2S2/c1-9-6-13-11(19-9)15-20(17,18)10-7-14-16(8-10)5-3-4-12-2/h6-8,12H,3-5H2,1-2H3,(H,13,15). The smallest absolute Gasteiger partial charge is 0.266 e. The molecule has 110 valence electrons. The van der Waals surface area contributed by atoms with E-state index >= 15 is 0 Å². The lowest BCUT2D eigenvalue weighted by atomic mass is 10.4. The van der Waals surface area contributed by atoms with Crippen LogP contribution in [0.15, 0.2) is 23.5 Å². The molecule has 2 heterocycles. The first-order chi connectivity index (χ1) is 9.51. The maximum absolute atomic E-state index is 12.1. The van der Waals surface area contributed by atoms with Crippen molar-refractivity contribution in [3.8, 4) is 0 Å². The molecule has 2 rings (SSSR count). The summed E-state index contributed by atoms with van der Waals surface area (Å²) in [6, 6.07) is 0. The van der Waals surface area contributed by atoms with Crippen LogP contribution in [0.25, 0.3) is 0 Å². The van der Waals surface area contributed by atoms with Gasteiger partial charge in [0.1, 0.15) is 4.90 Å². The number of anilines is 1. The summed E-state index contributed by atoms with van der Waals surface area (Å²) in [6.07, 6.45) is 5.39. The van der Waals surface area contributed by atoms with Crippen molar-refractivity contribution in [1.82, 2.24) is 20.1 Å². The highest BCUT2D eigenvalue weighted by atomic mass is 32.2. The van der Waals surface area contributed by atoms with Crippen LogP contribution in [0, 0.1) is 6.92 Å². The Balaban J connectivity index is 2.06. The quantitative estimate of drug-likeness (QED) is 0.746. The number of sulfonamides is 1. The molecule has 2 aromatic rings. The van der Waals surface area contributed by atoms with Gasteiger partial charge in [-0.25, -0.2) is 13.4 Å². The van der Waals surface area contributed by atoms with E-state index in [1.165, 1.54) is 23.7 Å². The van der Waals surface area contributed by atoms with Crippen LogP contribution in [0.5, 0.6) is 0 Å². The molecule has 0 bridgehead atoms. The van der Waals surface area contributed by atoms with Crippen molar-refractivity contribution in [2.75, 3.05) is 18.3 Å². The molecule has 0 aliphatic heterocycles. The van der Waals surface area contributed by atoms with Crippen LogP contribution in [0.4, 0.5) is 5.13 Å². The fraction of sp³-hybridized carbons (Fsp3) is 0.455. The van der Waals surface area contributed by atoms with Gasteiger partial charge in [-0.05, 0) is 26.9 Å². The lowest BCUT2D eigenvalue weighted by Gasteiger charge is -2.02. The molecule has 0 aromatic carbocycles. The highest BCUT2D eigenvalue weighted by Crippen LogP contribution is 2.20. The summed E-state index contributed by atoms with van der Waals surface area (Å²) in [4.78, 5) is 5.08. The number of aryl methyl sites for hydroxylation is 2. The lowest BCUT2D eigenvalue weighted by Crippen LogP contribution is -2.12. The molecule has 2 N–H and O–H groups in total. The Morgan fingerprint density at radius 3 is 2.85 bits per heavy atom. The first-order valence-corrected chi connectivity index (χ1v) is 8.43. The van der Waals surface area contributed by atoms with Gasteiger partial charge in [0.15, 0.2) is 5.13 Å². The van der Waals surface area contributed by atoms with Crippen LogP contribution >= 0.6 is 11.3 Å². The van der Waals surface area contributed by atoms with Crippen molar-refractivity contribution in [3.05, 3.63) is 23.5 Å². The number of nitrogens with one attached hydrogen (secondary N) is 2. The second-order valence-electron chi connectivity index (χ2n) is 4.28. The van der Waals surface area contributed by atoms with Crippen LogP contribution in [0.3, 0.4) is 0 Å². The number of rotatable bonds is 7. The maximum atomic E-state index is 12.1. The predicted octanol–water partition coefficient (Wildman–Crippen LogP) is 1.06. The summed E-state index contributed by atoms with van der Waals surface area (Å²) >= 11 is 1.30. The highest BCUT2D eigenvalue weighted by Gasteiger charge is 2.18. The minimum absolute atomic E-state index is 0.148. The van der Waals surface area contributed by atoms with E-state index in [-0.39, 0.29) is 4.90 Å². The largest absolute Gasteiger partial charge is 0.320 e. The molecule has 0 aliphatic carbocycles. The van der Waals surface area contributed by atoms with Gasteiger partial charge in [-0.15, -0.1) is 11.3 Å². The van der Waals surface area contributed by atoms with Crippen molar-refractivity contribution in [2.45, 2.75) is 24.8 Å². The molecular weight excluding hydrogens is 298 g/mol. The van der Waals surface area contributed by atoms with Crippen LogP contribution in [0.2, 0.25) is 0 Å². The zero-order valence-corrected chi connectivity index (χ0v) is 13.0. The fourth-order valence-corrected chi connectivity index (χ4v) is 3.46. The van der Waals surface area contributed by atoms with Crippen molar-refractivity contribution in [3.63, 3.8) is 0 Å². The molecule has 0 fully saturated rings. The van der Waals surface area contributed by atoms with Crippen molar-refractivity contribution in [2.24, 2.45) is 0 Å². The van der Waals surface area contributed by atoms with E-state index in [2.05, 4.69) is 20.1 Å². The molecule has 9 heteroatoms. The first-order valence-electron chi connectivity index (χ1n) is 6.13. The Bertz CT molecular complexity index is 662. The second kappa shape index (κ2) is 6.33. The summed E-state index contributed by atoms with van der Waals surface area (Å²) < 4.78 is 28.4. The Morgan fingerprint density at radius 1 is 1.40 bits per heavy atom. The van der Waals surface area contributed by atoms with E-state index in [1.54, 1.807) is 10.9 Å². The van der Waals surface area contributed by atoms with Gasteiger partial charge in [-0.2, -0.15) is 5.10 Å². The normalized spacial score (nSPS) is 11.7. The zero-order chi connectivity index (χ0) is 14.6. The van der Waals surface area contributed by atoms with Gasteiger partial charge in [-0.1, -0.05) is 0 Å². The highest BCUT2D eigenvalue weighted by molar-refractivity contribution is 7.93. The van der Waals surface area contributed by atoms with Gasteiger partial charge < -0.3 is 5.32 Å². The Hall–Kier alpha value is -1.45. The number of nitrogens with zero attached hydrogens (tertiary/aromatic N) is 3. The van der Waals surface area contributed by atoms with E-state index in [4.69, 9.17) is 0 Å². The summed E-state index contributed by atoms with van der Waals surface area (Å²) in [5, 5.41) is 7.45. The summed E-state index contributed by atoms with van der Waals surface area (Å²) in [7, 11) is -1.74. The van der Waals surface area contributed by atoms with Gasteiger partial charge in [0, 0.05) is 23.8 Å². The van der Waals surface area contributed by atoms with E-state index in [0.29, 0.717) is 11.7 Å². The van der Waals surface area contributed by atoms with Gasteiger partial charge in [-0.3, -0.25) is 9.40 Å². The van der Waals surface area contributed by atoms with Gasteiger partial charge in [0.2, 0.25) is 0 Å². The predicted molar refractivity (Wildman–Crippen MR) is 78.4 cm³/mol. The molecule has 7 nitrogen and oxygen atoms in total. The van der Waals surface area contributed by atoms with Gasteiger partial charge in [0.25, 0.3) is 10.0 Å². The number of aromatic nitrogens is 3. The first kappa shape index (κ1) is 14.9. The zero-order valence-electron chi connectivity index (χ0n) is 11.3. The molecule has 0 amide bonds. The van der Waals surface area contributed by atoms with E-state index in [9.17, 15) is 8.42 Å². The average Bonchev–Trinajstić information content (AvgIpc) is 2.99.